The molecule has 19 heavy (non-hydrogen) atoms. The first-order valence-electron chi connectivity index (χ1n) is 6.00. The van der Waals surface area contributed by atoms with Crippen LogP contribution in [0, 0.1) is 0 Å². The van der Waals surface area contributed by atoms with Crippen molar-refractivity contribution in [3.8, 4) is 0 Å². The molecule has 0 aliphatic rings. The number of hydrogen-bond acceptors (Lipinski definition) is 3. The van der Waals surface area contributed by atoms with E-state index in [9.17, 15) is 4.57 Å². The number of aromatic nitrogens is 1. The molecule has 0 radical (unpaired) electrons. The Labute approximate surface area is 111 Å². The topological polar surface area (TPSA) is 79.7 Å². The van der Waals surface area contributed by atoms with Crippen molar-refractivity contribution < 1.29 is 19.1 Å². The van der Waals surface area contributed by atoms with Gasteiger partial charge in [0.2, 0.25) is 0 Å². The maximum Gasteiger partial charge on any atom is 0.325 e. The highest BCUT2D eigenvalue weighted by Crippen LogP contribution is 2.34. The van der Waals surface area contributed by atoms with Crippen molar-refractivity contribution in [1.29, 1.82) is 0 Å². The minimum atomic E-state index is -3.90. The first kappa shape index (κ1) is 14.2. The monoisotopic (exact) mass is 281 g/mol. The molecule has 0 aliphatic heterocycles. The van der Waals surface area contributed by atoms with E-state index >= 15 is 0 Å². The second kappa shape index (κ2) is 6.26. The molecule has 1 aromatic carbocycles. The summed E-state index contributed by atoms with van der Waals surface area (Å²) in [7, 11) is -3.90. The van der Waals surface area contributed by atoms with Crippen LogP contribution < -0.4 is 0 Å². The lowest BCUT2D eigenvalue weighted by Gasteiger charge is -2.06. The van der Waals surface area contributed by atoms with E-state index in [-0.39, 0.29) is 6.16 Å². The van der Waals surface area contributed by atoms with Gasteiger partial charge in [-0.15, -0.1) is 0 Å². The summed E-state index contributed by atoms with van der Waals surface area (Å²) in [5, 5.41) is 1.05. The summed E-state index contributed by atoms with van der Waals surface area (Å²) in [5.74, 6) is 0. The van der Waals surface area contributed by atoms with E-state index in [0.29, 0.717) is 19.6 Å². The van der Waals surface area contributed by atoms with E-state index in [2.05, 4.69) is 4.98 Å². The minimum absolute atomic E-state index is 0.136. The van der Waals surface area contributed by atoms with Crippen LogP contribution in [0.1, 0.15) is 12.0 Å². The van der Waals surface area contributed by atoms with Crippen LogP contribution in [-0.2, 0) is 15.9 Å². The molecular weight excluding hydrogens is 265 g/mol. The Morgan fingerprint density at radius 1 is 1.26 bits per heavy atom. The van der Waals surface area contributed by atoms with Crippen molar-refractivity contribution in [2.24, 2.45) is 0 Å². The van der Waals surface area contributed by atoms with Crippen molar-refractivity contribution in [3.05, 3.63) is 42.1 Å². The van der Waals surface area contributed by atoms with Crippen LogP contribution in [0.3, 0.4) is 0 Å². The van der Waals surface area contributed by atoms with Gasteiger partial charge in [0, 0.05) is 18.2 Å². The SMILES string of the molecule is O=P(O)(O)CCCOCc1cnc2ccccc2c1. The summed E-state index contributed by atoms with van der Waals surface area (Å²) in [6, 6.07) is 9.83. The number of pyridine rings is 1. The largest absolute Gasteiger partial charge is 0.377 e. The van der Waals surface area contributed by atoms with Crippen molar-refractivity contribution >= 4 is 18.5 Å². The van der Waals surface area contributed by atoms with Crippen LogP contribution >= 0.6 is 7.60 Å². The second-order valence-corrected chi connectivity index (χ2v) is 6.11. The molecule has 102 valence electrons. The van der Waals surface area contributed by atoms with E-state index in [1.165, 1.54) is 0 Å². The van der Waals surface area contributed by atoms with Crippen molar-refractivity contribution in [1.82, 2.24) is 4.98 Å². The van der Waals surface area contributed by atoms with Gasteiger partial charge in [0.05, 0.1) is 18.3 Å². The van der Waals surface area contributed by atoms with Gasteiger partial charge in [-0.1, -0.05) is 18.2 Å². The summed E-state index contributed by atoms with van der Waals surface area (Å²) in [6.45, 7) is 0.733. The van der Waals surface area contributed by atoms with E-state index in [1.807, 2.05) is 30.3 Å². The lowest BCUT2D eigenvalue weighted by Crippen LogP contribution is -1.99. The van der Waals surface area contributed by atoms with Crippen LogP contribution in [0.15, 0.2) is 36.5 Å². The molecule has 2 aromatic rings. The van der Waals surface area contributed by atoms with E-state index in [4.69, 9.17) is 14.5 Å². The Balaban J connectivity index is 1.83. The fraction of sp³-hybridized carbons (Fsp3) is 0.308. The molecule has 1 aromatic heterocycles. The van der Waals surface area contributed by atoms with Crippen LogP contribution in [-0.4, -0.2) is 27.5 Å². The third-order valence-electron chi connectivity index (χ3n) is 2.65. The van der Waals surface area contributed by atoms with Gasteiger partial charge >= 0.3 is 7.60 Å². The molecule has 2 rings (SSSR count). The molecule has 6 heteroatoms. The maximum atomic E-state index is 10.6. The van der Waals surface area contributed by atoms with Gasteiger partial charge in [-0.2, -0.15) is 0 Å². The zero-order valence-electron chi connectivity index (χ0n) is 10.4. The summed E-state index contributed by atoms with van der Waals surface area (Å²) in [6.07, 6.45) is 1.97. The Morgan fingerprint density at radius 2 is 2.05 bits per heavy atom. The molecule has 0 unspecified atom stereocenters. The number of ether oxygens (including phenoxy) is 1. The normalized spacial score (nSPS) is 11.9. The number of para-hydroxylation sites is 1. The number of nitrogens with zero attached hydrogens (tertiary/aromatic N) is 1. The average molecular weight is 281 g/mol. The summed E-state index contributed by atoms with van der Waals surface area (Å²) >= 11 is 0. The van der Waals surface area contributed by atoms with Crippen molar-refractivity contribution in [2.45, 2.75) is 13.0 Å². The zero-order chi connectivity index (χ0) is 13.7. The van der Waals surface area contributed by atoms with Crippen LogP contribution in [0.2, 0.25) is 0 Å². The van der Waals surface area contributed by atoms with Crippen molar-refractivity contribution in [3.63, 3.8) is 0 Å². The molecule has 0 saturated carbocycles. The standard InChI is InChI=1S/C13H16NO4P/c15-19(16,17)7-3-6-18-10-11-8-12-4-1-2-5-13(12)14-9-11/h1-2,4-5,8-9H,3,6-7,10H2,(H2,15,16,17). The highest BCUT2D eigenvalue weighted by molar-refractivity contribution is 7.51. The average Bonchev–Trinajstić information content (AvgIpc) is 2.37. The van der Waals surface area contributed by atoms with E-state index in [1.54, 1.807) is 6.20 Å². The van der Waals surface area contributed by atoms with Gasteiger partial charge in [-0.25, -0.2) is 0 Å². The predicted molar refractivity (Wildman–Crippen MR) is 72.9 cm³/mol. The quantitative estimate of drug-likeness (QED) is 0.627. The highest BCUT2D eigenvalue weighted by atomic mass is 31.2. The molecule has 0 atom stereocenters. The van der Waals surface area contributed by atoms with Gasteiger partial charge in [0.25, 0.3) is 0 Å². The molecule has 1 heterocycles. The van der Waals surface area contributed by atoms with E-state index < -0.39 is 7.60 Å². The van der Waals surface area contributed by atoms with Crippen LogP contribution in [0.4, 0.5) is 0 Å². The Morgan fingerprint density at radius 3 is 2.84 bits per heavy atom. The molecule has 0 amide bonds. The van der Waals surface area contributed by atoms with Crippen LogP contribution in [0.5, 0.6) is 0 Å². The highest BCUT2D eigenvalue weighted by Gasteiger charge is 2.11. The smallest absolute Gasteiger partial charge is 0.325 e. The van der Waals surface area contributed by atoms with Gasteiger partial charge in [-0.05, 0) is 24.1 Å². The molecule has 0 fully saturated rings. The summed E-state index contributed by atoms with van der Waals surface area (Å²) in [4.78, 5) is 21.7. The molecule has 2 N–H and O–H groups in total. The number of rotatable bonds is 6. The Bertz CT molecular complexity index is 596. The third-order valence-corrected chi connectivity index (χ3v) is 3.55. The minimum Gasteiger partial charge on any atom is -0.377 e. The Kier molecular flexibility index (Phi) is 4.66. The van der Waals surface area contributed by atoms with Crippen LogP contribution in [0.25, 0.3) is 10.9 Å². The molecule has 0 bridgehead atoms. The fourth-order valence-electron chi connectivity index (χ4n) is 1.76. The van der Waals surface area contributed by atoms with Crippen molar-refractivity contribution in [2.75, 3.05) is 12.8 Å². The summed E-state index contributed by atoms with van der Waals surface area (Å²) < 4.78 is 16.0. The first-order chi connectivity index (χ1) is 9.04. The molecule has 0 spiro atoms. The predicted octanol–water partition coefficient (Wildman–Crippen LogP) is 2.32. The number of fused-ring (bicyclic) bond motifs is 1. The maximum absolute atomic E-state index is 10.6. The van der Waals surface area contributed by atoms with Gasteiger partial charge < -0.3 is 14.5 Å². The lowest BCUT2D eigenvalue weighted by atomic mass is 10.2. The van der Waals surface area contributed by atoms with Gasteiger partial charge in [0.15, 0.2) is 0 Å². The summed E-state index contributed by atoms with van der Waals surface area (Å²) in [5.41, 5.74) is 1.89. The molecule has 0 saturated heterocycles. The fourth-order valence-corrected chi connectivity index (χ4v) is 2.30. The van der Waals surface area contributed by atoms with E-state index in [0.717, 1.165) is 16.5 Å². The first-order valence-corrected chi connectivity index (χ1v) is 7.80. The molecular formula is C13H16NO4P. The number of hydrogen-bond donors (Lipinski definition) is 2. The zero-order valence-corrected chi connectivity index (χ0v) is 11.3. The second-order valence-electron chi connectivity index (χ2n) is 4.33. The third kappa shape index (κ3) is 4.73. The Hall–Kier alpha value is -1.26. The number of benzene rings is 1. The molecule has 5 nitrogen and oxygen atoms in total. The van der Waals surface area contributed by atoms with Gasteiger partial charge in [0.1, 0.15) is 0 Å². The van der Waals surface area contributed by atoms with Gasteiger partial charge in [-0.3, -0.25) is 9.55 Å². The lowest BCUT2D eigenvalue weighted by molar-refractivity contribution is 0.121. The molecule has 0 aliphatic carbocycles.